The minimum atomic E-state index is -0.141. The third-order valence-corrected chi connectivity index (χ3v) is 6.05. The largest absolute Gasteiger partial charge is 0.379 e. The Morgan fingerprint density at radius 3 is 2.64 bits per heavy atom. The summed E-state index contributed by atoms with van der Waals surface area (Å²) in [5.41, 5.74) is 1.83. The van der Waals surface area contributed by atoms with Crippen LogP contribution in [0.3, 0.4) is 0 Å². The second-order valence-corrected chi connectivity index (χ2v) is 9.82. The summed E-state index contributed by atoms with van der Waals surface area (Å²) >= 11 is 13.9. The number of anilines is 1. The molecule has 152 valence electrons. The highest BCUT2D eigenvalue weighted by Gasteiger charge is 2.25. The maximum absolute atomic E-state index is 12.4. The Morgan fingerprint density at radius 2 is 2.00 bits per heavy atom. The van der Waals surface area contributed by atoms with Crippen molar-refractivity contribution in [2.45, 2.75) is 32.6 Å². The number of nitrogens with zero attached hydrogens (tertiary/aromatic N) is 2. The molecular formula is C20H25Cl2N3O2S. The molecule has 0 radical (unpaired) electrons. The third-order valence-electron chi connectivity index (χ3n) is 4.49. The first kappa shape index (κ1) is 21.5. The van der Waals surface area contributed by atoms with E-state index in [4.69, 9.17) is 32.9 Å². The summed E-state index contributed by atoms with van der Waals surface area (Å²) in [4.78, 5) is 20.4. The number of morpholine rings is 1. The molecule has 1 aromatic heterocycles. The van der Waals surface area contributed by atoms with Gasteiger partial charge in [-0.25, -0.2) is 4.98 Å². The minimum absolute atomic E-state index is 0.0489. The number of thiazole rings is 1. The molecule has 8 heteroatoms. The highest BCUT2D eigenvalue weighted by molar-refractivity contribution is 7.15. The quantitative estimate of drug-likeness (QED) is 0.735. The standard InChI is InChI=1S/C20H25Cl2N3O2S/c1-20(2,3)18-16(10-13-4-5-14(21)11-15(13)22)28-19(24-18)23-17(26)12-25-6-8-27-9-7-25/h4-5,11H,6-10,12H2,1-3H3,(H,23,24,26). The Hall–Kier alpha value is -1.18. The molecule has 0 spiro atoms. The summed E-state index contributed by atoms with van der Waals surface area (Å²) in [5, 5.41) is 4.85. The number of carbonyl (C=O) groups is 1. The van der Waals surface area contributed by atoms with Gasteiger partial charge in [-0.05, 0) is 17.7 Å². The van der Waals surface area contributed by atoms with Gasteiger partial charge in [0.25, 0.3) is 0 Å². The number of carbonyl (C=O) groups excluding carboxylic acids is 1. The van der Waals surface area contributed by atoms with Crippen molar-refractivity contribution in [3.05, 3.63) is 44.4 Å². The summed E-state index contributed by atoms with van der Waals surface area (Å²) in [5.74, 6) is -0.0489. The molecular weight excluding hydrogens is 417 g/mol. The first-order chi connectivity index (χ1) is 13.2. The Balaban J connectivity index is 1.76. The van der Waals surface area contributed by atoms with Gasteiger partial charge in [0.1, 0.15) is 0 Å². The lowest BCUT2D eigenvalue weighted by Gasteiger charge is -2.25. The van der Waals surface area contributed by atoms with Gasteiger partial charge < -0.3 is 10.1 Å². The predicted molar refractivity (Wildman–Crippen MR) is 116 cm³/mol. The van der Waals surface area contributed by atoms with E-state index in [9.17, 15) is 4.79 Å². The van der Waals surface area contributed by atoms with Gasteiger partial charge in [0, 0.05) is 39.8 Å². The zero-order valence-electron chi connectivity index (χ0n) is 16.3. The number of hydrogen-bond donors (Lipinski definition) is 1. The number of amides is 1. The SMILES string of the molecule is CC(C)(C)c1nc(NC(=O)CN2CCOCC2)sc1Cc1ccc(Cl)cc1Cl. The van der Waals surface area contributed by atoms with Crippen molar-refractivity contribution in [1.82, 2.24) is 9.88 Å². The lowest BCUT2D eigenvalue weighted by Crippen LogP contribution is -2.41. The smallest absolute Gasteiger partial charge is 0.240 e. The number of ether oxygens (including phenoxy) is 1. The molecule has 1 N–H and O–H groups in total. The van der Waals surface area contributed by atoms with Gasteiger partial charge in [0.15, 0.2) is 5.13 Å². The molecule has 1 aliphatic rings. The number of aromatic nitrogens is 1. The van der Waals surface area contributed by atoms with E-state index < -0.39 is 0 Å². The molecule has 5 nitrogen and oxygen atoms in total. The molecule has 28 heavy (non-hydrogen) atoms. The third kappa shape index (κ3) is 5.67. The van der Waals surface area contributed by atoms with Gasteiger partial charge in [-0.2, -0.15) is 0 Å². The van der Waals surface area contributed by atoms with Crippen LogP contribution < -0.4 is 5.32 Å². The van der Waals surface area contributed by atoms with Crippen LogP contribution in [0.1, 0.15) is 36.9 Å². The first-order valence-corrected chi connectivity index (χ1v) is 10.8. The number of rotatable bonds is 5. The molecule has 1 aliphatic heterocycles. The van der Waals surface area contributed by atoms with Crippen molar-refractivity contribution in [3.63, 3.8) is 0 Å². The maximum atomic E-state index is 12.4. The van der Waals surface area contributed by atoms with Crippen molar-refractivity contribution in [2.75, 3.05) is 38.2 Å². The molecule has 2 aromatic rings. The molecule has 1 fully saturated rings. The molecule has 1 saturated heterocycles. The lowest BCUT2D eigenvalue weighted by molar-refractivity contribution is -0.118. The second kappa shape index (κ2) is 9.09. The first-order valence-electron chi connectivity index (χ1n) is 9.26. The van der Waals surface area contributed by atoms with E-state index in [1.807, 2.05) is 12.1 Å². The van der Waals surface area contributed by atoms with Crippen molar-refractivity contribution in [1.29, 1.82) is 0 Å². The fraction of sp³-hybridized carbons (Fsp3) is 0.500. The Bertz CT molecular complexity index is 842. The highest BCUT2D eigenvalue weighted by Crippen LogP contribution is 2.35. The van der Waals surface area contributed by atoms with E-state index in [1.54, 1.807) is 6.07 Å². The van der Waals surface area contributed by atoms with Gasteiger partial charge in [-0.15, -0.1) is 11.3 Å². The summed E-state index contributed by atoms with van der Waals surface area (Å²) < 4.78 is 5.33. The van der Waals surface area contributed by atoms with E-state index in [0.717, 1.165) is 29.2 Å². The number of nitrogens with one attached hydrogen (secondary N) is 1. The molecule has 1 amide bonds. The zero-order chi connectivity index (χ0) is 20.3. The maximum Gasteiger partial charge on any atom is 0.240 e. The van der Waals surface area contributed by atoms with Crippen LogP contribution in [0.2, 0.25) is 10.0 Å². The van der Waals surface area contributed by atoms with E-state index in [0.29, 0.717) is 41.4 Å². The number of halogens is 2. The van der Waals surface area contributed by atoms with Gasteiger partial charge in [0.05, 0.1) is 25.5 Å². The van der Waals surface area contributed by atoms with E-state index >= 15 is 0 Å². The summed E-state index contributed by atoms with van der Waals surface area (Å²) in [7, 11) is 0. The molecule has 3 rings (SSSR count). The normalized spacial score (nSPS) is 15.6. The molecule has 0 saturated carbocycles. The zero-order valence-corrected chi connectivity index (χ0v) is 18.7. The van der Waals surface area contributed by atoms with Crippen LogP contribution in [0, 0.1) is 0 Å². The monoisotopic (exact) mass is 441 g/mol. The van der Waals surface area contributed by atoms with E-state index in [1.165, 1.54) is 11.3 Å². The molecule has 0 unspecified atom stereocenters. The molecule has 0 bridgehead atoms. The van der Waals surface area contributed by atoms with Crippen molar-refractivity contribution in [3.8, 4) is 0 Å². The van der Waals surface area contributed by atoms with E-state index in [-0.39, 0.29) is 11.3 Å². The molecule has 0 aliphatic carbocycles. The number of hydrogen-bond acceptors (Lipinski definition) is 5. The second-order valence-electron chi connectivity index (χ2n) is 7.89. The Labute approximate surface area is 180 Å². The number of benzene rings is 1. The summed E-state index contributed by atoms with van der Waals surface area (Å²) in [6.45, 7) is 9.61. The van der Waals surface area contributed by atoms with Crippen LogP contribution >= 0.6 is 34.5 Å². The van der Waals surface area contributed by atoms with Gasteiger partial charge in [0.2, 0.25) is 5.91 Å². The molecule has 0 atom stereocenters. The van der Waals surface area contributed by atoms with Crippen LogP contribution in [-0.4, -0.2) is 48.6 Å². The highest BCUT2D eigenvalue weighted by atomic mass is 35.5. The predicted octanol–water partition coefficient (Wildman–Crippen LogP) is 4.61. The molecule has 2 heterocycles. The molecule has 1 aromatic carbocycles. The average Bonchev–Trinajstić information content (AvgIpc) is 3.01. The van der Waals surface area contributed by atoms with Crippen LogP contribution in [0.4, 0.5) is 5.13 Å². The minimum Gasteiger partial charge on any atom is -0.379 e. The Morgan fingerprint density at radius 1 is 1.29 bits per heavy atom. The fourth-order valence-corrected chi connectivity index (χ4v) is 4.76. The van der Waals surface area contributed by atoms with Crippen LogP contribution in [-0.2, 0) is 21.4 Å². The van der Waals surface area contributed by atoms with Gasteiger partial charge >= 0.3 is 0 Å². The van der Waals surface area contributed by atoms with Crippen LogP contribution in [0.15, 0.2) is 18.2 Å². The van der Waals surface area contributed by atoms with Crippen LogP contribution in [0.25, 0.3) is 0 Å². The van der Waals surface area contributed by atoms with Crippen molar-refractivity contribution >= 4 is 45.6 Å². The van der Waals surface area contributed by atoms with Crippen molar-refractivity contribution < 1.29 is 9.53 Å². The lowest BCUT2D eigenvalue weighted by atomic mass is 9.90. The summed E-state index contributed by atoms with van der Waals surface area (Å²) in [6, 6.07) is 5.53. The topological polar surface area (TPSA) is 54.5 Å². The van der Waals surface area contributed by atoms with Crippen LogP contribution in [0.5, 0.6) is 0 Å². The summed E-state index contributed by atoms with van der Waals surface area (Å²) in [6.07, 6.45) is 0.652. The van der Waals surface area contributed by atoms with Gasteiger partial charge in [-0.3, -0.25) is 9.69 Å². The fourth-order valence-electron chi connectivity index (χ4n) is 3.07. The average molecular weight is 442 g/mol. The van der Waals surface area contributed by atoms with Crippen molar-refractivity contribution in [2.24, 2.45) is 0 Å². The van der Waals surface area contributed by atoms with E-state index in [2.05, 4.69) is 31.0 Å². The van der Waals surface area contributed by atoms with Gasteiger partial charge in [-0.1, -0.05) is 50.0 Å². The Kier molecular flexibility index (Phi) is 6.99.